The summed E-state index contributed by atoms with van der Waals surface area (Å²) in [6.07, 6.45) is 0. The molecule has 0 bridgehead atoms. The zero-order valence-electron chi connectivity index (χ0n) is 9.78. The molecule has 102 valence electrons. The Labute approximate surface area is 114 Å². The zero-order chi connectivity index (χ0) is 13.9. The van der Waals surface area contributed by atoms with Crippen LogP contribution < -0.4 is 0 Å². The molecule has 0 saturated heterocycles. The molecule has 0 aliphatic rings. The minimum atomic E-state index is -3.43. The van der Waals surface area contributed by atoms with Gasteiger partial charge in [-0.1, -0.05) is 16.8 Å². The standard InChI is InChI=1S/C11H11ClN2O4S/c12-9-3-1-8(2-4-9)11-13-10(18-14-11)7-19(16,17)6-5-15/h1-4,15H,5-7H2. The van der Waals surface area contributed by atoms with Gasteiger partial charge in [0.15, 0.2) is 9.84 Å². The van der Waals surface area contributed by atoms with Gasteiger partial charge in [0.1, 0.15) is 5.75 Å². The van der Waals surface area contributed by atoms with Gasteiger partial charge < -0.3 is 9.63 Å². The van der Waals surface area contributed by atoms with E-state index < -0.39 is 16.4 Å². The molecule has 0 aliphatic heterocycles. The maximum Gasteiger partial charge on any atom is 0.242 e. The van der Waals surface area contributed by atoms with Crippen molar-refractivity contribution in [2.24, 2.45) is 0 Å². The molecule has 0 amide bonds. The van der Waals surface area contributed by atoms with Crippen LogP contribution >= 0.6 is 11.6 Å². The number of aliphatic hydroxyl groups excluding tert-OH is 1. The molecule has 0 atom stereocenters. The Morgan fingerprint density at radius 2 is 1.95 bits per heavy atom. The van der Waals surface area contributed by atoms with Gasteiger partial charge in [0.25, 0.3) is 0 Å². The van der Waals surface area contributed by atoms with Crippen molar-refractivity contribution in [3.05, 3.63) is 35.2 Å². The summed E-state index contributed by atoms with van der Waals surface area (Å²) < 4.78 is 27.8. The first-order chi connectivity index (χ1) is 9.00. The molecule has 2 rings (SSSR count). The summed E-state index contributed by atoms with van der Waals surface area (Å²) in [5.74, 6) is -0.413. The Hall–Kier alpha value is -1.44. The summed E-state index contributed by atoms with van der Waals surface area (Å²) in [6.45, 7) is -0.430. The molecular formula is C11H11ClN2O4S. The first kappa shape index (κ1) is 14.0. The van der Waals surface area contributed by atoms with E-state index in [1.54, 1.807) is 24.3 Å². The van der Waals surface area contributed by atoms with Crippen molar-refractivity contribution >= 4 is 21.4 Å². The molecule has 1 aromatic carbocycles. The Bertz CT molecular complexity index is 652. The van der Waals surface area contributed by atoms with Gasteiger partial charge in [0, 0.05) is 10.6 Å². The van der Waals surface area contributed by atoms with Crippen molar-refractivity contribution in [1.29, 1.82) is 0 Å². The van der Waals surface area contributed by atoms with Crippen molar-refractivity contribution < 1.29 is 18.0 Å². The topological polar surface area (TPSA) is 93.3 Å². The van der Waals surface area contributed by atoms with Gasteiger partial charge in [0.2, 0.25) is 11.7 Å². The van der Waals surface area contributed by atoms with E-state index in [-0.39, 0.29) is 17.4 Å². The lowest BCUT2D eigenvalue weighted by molar-refractivity contribution is 0.319. The molecule has 8 heteroatoms. The third-order valence-electron chi connectivity index (χ3n) is 2.32. The van der Waals surface area contributed by atoms with Gasteiger partial charge in [-0.05, 0) is 24.3 Å². The van der Waals surface area contributed by atoms with Crippen LogP contribution in [0.15, 0.2) is 28.8 Å². The van der Waals surface area contributed by atoms with E-state index in [1.807, 2.05) is 0 Å². The quantitative estimate of drug-likeness (QED) is 0.894. The summed E-state index contributed by atoms with van der Waals surface area (Å²) in [4.78, 5) is 4.00. The number of hydrogen-bond donors (Lipinski definition) is 1. The molecule has 0 aliphatic carbocycles. The molecule has 0 fully saturated rings. The van der Waals surface area contributed by atoms with Crippen LogP contribution in [0.5, 0.6) is 0 Å². The van der Waals surface area contributed by atoms with Crippen LogP contribution in [-0.4, -0.2) is 36.0 Å². The summed E-state index contributed by atoms with van der Waals surface area (Å²) in [5.41, 5.74) is 0.680. The van der Waals surface area contributed by atoms with Gasteiger partial charge in [-0.25, -0.2) is 8.42 Å². The molecular weight excluding hydrogens is 292 g/mol. The van der Waals surface area contributed by atoms with Gasteiger partial charge in [-0.3, -0.25) is 0 Å². The number of halogens is 1. The van der Waals surface area contributed by atoms with Gasteiger partial charge in [-0.2, -0.15) is 4.98 Å². The smallest absolute Gasteiger partial charge is 0.242 e. The molecule has 0 radical (unpaired) electrons. The zero-order valence-corrected chi connectivity index (χ0v) is 11.4. The second-order valence-corrected chi connectivity index (χ2v) is 6.45. The molecule has 0 spiro atoms. The molecule has 1 N–H and O–H groups in total. The predicted octanol–water partition coefficient (Wildman–Crippen LogP) is 1.30. The van der Waals surface area contributed by atoms with E-state index in [0.29, 0.717) is 16.4 Å². The van der Waals surface area contributed by atoms with Crippen LogP contribution in [0.4, 0.5) is 0 Å². The highest BCUT2D eigenvalue weighted by Crippen LogP contribution is 2.19. The average Bonchev–Trinajstić information content (AvgIpc) is 2.77. The number of benzene rings is 1. The number of rotatable bonds is 5. The van der Waals surface area contributed by atoms with E-state index in [0.717, 1.165) is 0 Å². The maximum atomic E-state index is 11.5. The molecule has 2 aromatic rings. The fourth-order valence-electron chi connectivity index (χ4n) is 1.43. The highest BCUT2D eigenvalue weighted by Gasteiger charge is 2.17. The highest BCUT2D eigenvalue weighted by atomic mass is 35.5. The highest BCUT2D eigenvalue weighted by molar-refractivity contribution is 7.90. The summed E-state index contributed by atoms with van der Waals surface area (Å²) in [6, 6.07) is 6.77. The Morgan fingerprint density at radius 3 is 2.58 bits per heavy atom. The third kappa shape index (κ3) is 3.76. The first-order valence-electron chi connectivity index (χ1n) is 5.40. The van der Waals surface area contributed by atoms with E-state index in [2.05, 4.69) is 10.1 Å². The van der Waals surface area contributed by atoms with Gasteiger partial charge in [0.05, 0.1) is 12.4 Å². The second kappa shape index (κ2) is 5.68. The number of nitrogens with zero attached hydrogens (tertiary/aromatic N) is 2. The van der Waals surface area contributed by atoms with Crippen molar-refractivity contribution in [2.75, 3.05) is 12.4 Å². The van der Waals surface area contributed by atoms with Gasteiger partial charge >= 0.3 is 0 Å². The van der Waals surface area contributed by atoms with Crippen molar-refractivity contribution in [3.63, 3.8) is 0 Å². The average molecular weight is 303 g/mol. The van der Waals surface area contributed by atoms with Crippen LogP contribution in [0.25, 0.3) is 11.4 Å². The molecule has 0 saturated carbocycles. The minimum absolute atomic E-state index is 0.00148. The Morgan fingerprint density at radius 1 is 1.26 bits per heavy atom. The molecule has 0 unspecified atom stereocenters. The summed E-state index contributed by atoms with van der Waals surface area (Å²) >= 11 is 5.76. The maximum absolute atomic E-state index is 11.5. The van der Waals surface area contributed by atoms with Crippen molar-refractivity contribution in [3.8, 4) is 11.4 Å². The largest absolute Gasteiger partial charge is 0.395 e. The predicted molar refractivity (Wildman–Crippen MR) is 69.3 cm³/mol. The monoisotopic (exact) mass is 302 g/mol. The van der Waals surface area contributed by atoms with Crippen LogP contribution in [-0.2, 0) is 15.6 Å². The summed E-state index contributed by atoms with van der Waals surface area (Å²) in [5, 5.41) is 12.9. The van der Waals surface area contributed by atoms with Crippen LogP contribution in [0, 0.1) is 0 Å². The molecule has 6 nitrogen and oxygen atoms in total. The fraction of sp³-hybridized carbons (Fsp3) is 0.273. The lowest BCUT2D eigenvalue weighted by atomic mass is 10.2. The first-order valence-corrected chi connectivity index (χ1v) is 7.60. The van der Waals surface area contributed by atoms with Crippen molar-refractivity contribution in [2.45, 2.75) is 5.75 Å². The van der Waals surface area contributed by atoms with E-state index >= 15 is 0 Å². The number of aromatic nitrogens is 2. The van der Waals surface area contributed by atoms with Gasteiger partial charge in [-0.15, -0.1) is 0 Å². The van der Waals surface area contributed by atoms with E-state index in [1.165, 1.54) is 0 Å². The van der Waals surface area contributed by atoms with Crippen LogP contribution in [0.3, 0.4) is 0 Å². The third-order valence-corrected chi connectivity index (χ3v) is 4.06. The van der Waals surface area contributed by atoms with E-state index in [4.69, 9.17) is 21.2 Å². The Kier molecular flexibility index (Phi) is 4.18. The van der Waals surface area contributed by atoms with E-state index in [9.17, 15) is 8.42 Å². The normalized spacial score (nSPS) is 11.7. The molecule has 1 aromatic heterocycles. The lowest BCUT2D eigenvalue weighted by Crippen LogP contribution is -2.12. The number of sulfone groups is 1. The second-order valence-electron chi connectivity index (χ2n) is 3.83. The summed E-state index contributed by atoms with van der Waals surface area (Å²) in [7, 11) is -3.43. The fourth-order valence-corrected chi connectivity index (χ4v) is 2.47. The molecule has 1 heterocycles. The lowest BCUT2D eigenvalue weighted by Gasteiger charge is -1.96. The molecule has 19 heavy (non-hydrogen) atoms. The minimum Gasteiger partial charge on any atom is -0.395 e. The van der Waals surface area contributed by atoms with Crippen LogP contribution in [0.1, 0.15) is 5.89 Å². The SMILES string of the molecule is O=S(=O)(CCO)Cc1nc(-c2ccc(Cl)cc2)no1. The Balaban J connectivity index is 2.18. The number of aliphatic hydroxyl groups is 1. The van der Waals surface area contributed by atoms with Crippen molar-refractivity contribution in [1.82, 2.24) is 10.1 Å². The number of hydrogen-bond acceptors (Lipinski definition) is 6. The van der Waals surface area contributed by atoms with Crippen LogP contribution in [0.2, 0.25) is 5.02 Å².